The molecule has 1 aliphatic heterocycles. The van der Waals surface area contributed by atoms with Crippen molar-refractivity contribution in [3.05, 3.63) is 41.7 Å². The topological polar surface area (TPSA) is 180 Å². The van der Waals surface area contributed by atoms with Crippen molar-refractivity contribution >= 4 is 46.1 Å². The van der Waals surface area contributed by atoms with Crippen LogP contribution in [0.25, 0.3) is 27.8 Å². The fourth-order valence-electron chi connectivity index (χ4n) is 5.46. The van der Waals surface area contributed by atoms with E-state index in [9.17, 15) is 24.9 Å². The molecule has 4 heterocycles. The maximum atomic E-state index is 13.5. The Bertz CT molecular complexity index is 1980. The molecule has 0 aliphatic carbocycles. The number of benzene rings is 1. The second-order valence-electron chi connectivity index (χ2n) is 13.4. The Kier molecular flexibility index (Phi) is 8.56. The summed E-state index contributed by atoms with van der Waals surface area (Å²) < 4.78 is 14.1. The molecule has 1 saturated heterocycles. The number of hydrogen-bond donors (Lipinski definition) is 2. The minimum Gasteiger partial charge on any atom is -0.444 e. The molecule has 1 unspecified atom stereocenters. The largest absolute Gasteiger partial charge is 0.444 e. The van der Waals surface area contributed by atoms with Gasteiger partial charge >= 0.3 is 12.2 Å². The average molecular weight is 640 g/mol. The first-order chi connectivity index (χ1) is 22.1. The Morgan fingerprint density at radius 3 is 2.32 bits per heavy atom. The van der Waals surface area contributed by atoms with Crippen molar-refractivity contribution in [3.8, 4) is 23.4 Å². The van der Waals surface area contributed by atoms with Gasteiger partial charge in [0.05, 0.1) is 28.7 Å². The van der Waals surface area contributed by atoms with Crippen LogP contribution < -0.4 is 10.6 Å². The lowest BCUT2D eigenvalue weighted by Gasteiger charge is -2.34. The molecule has 0 spiro atoms. The molecule has 5 rings (SSSR count). The van der Waals surface area contributed by atoms with Gasteiger partial charge in [-0.05, 0) is 60.5 Å². The number of likely N-dealkylation sites (tertiary alicyclic amines) is 1. The van der Waals surface area contributed by atoms with Crippen LogP contribution in [0.4, 0.5) is 21.1 Å². The van der Waals surface area contributed by atoms with Crippen molar-refractivity contribution < 1.29 is 23.9 Å². The third-order valence-electron chi connectivity index (χ3n) is 7.27. The molecule has 1 aliphatic rings. The van der Waals surface area contributed by atoms with Gasteiger partial charge in [-0.1, -0.05) is 6.07 Å². The molecule has 1 fully saturated rings. The number of nitrogens with one attached hydrogen (secondary N) is 2. The summed E-state index contributed by atoms with van der Waals surface area (Å²) in [6.45, 7) is 12.9. The number of nitriles is 2. The number of amides is 2. The fraction of sp³-hybridized carbons (Fsp3) is 0.424. The smallest absolute Gasteiger partial charge is 0.419 e. The lowest BCUT2D eigenvalue weighted by atomic mass is 10.0. The zero-order valence-corrected chi connectivity index (χ0v) is 27.5. The van der Waals surface area contributed by atoms with E-state index in [0.717, 1.165) is 12.8 Å². The summed E-state index contributed by atoms with van der Waals surface area (Å²) in [5, 5.41) is 30.8. The predicted octanol–water partition coefficient (Wildman–Crippen LogP) is 5.65. The highest BCUT2D eigenvalue weighted by molar-refractivity contribution is 6.10. The van der Waals surface area contributed by atoms with Crippen molar-refractivity contribution in [2.75, 3.05) is 23.7 Å². The number of aromatic nitrogens is 4. The Hall–Kier alpha value is -5.63. The predicted molar refractivity (Wildman–Crippen MR) is 174 cm³/mol. The van der Waals surface area contributed by atoms with E-state index in [1.165, 1.54) is 22.2 Å². The highest BCUT2D eigenvalue weighted by Crippen LogP contribution is 2.38. The van der Waals surface area contributed by atoms with Crippen LogP contribution >= 0.6 is 0 Å². The molecule has 2 amide bonds. The number of hydrogen-bond acceptors (Lipinski definition) is 10. The van der Waals surface area contributed by atoms with Gasteiger partial charge in [0.15, 0.2) is 5.65 Å². The summed E-state index contributed by atoms with van der Waals surface area (Å²) in [5.41, 5.74) is 0.488. The second-order valence-corrected chi connectivity index (χ2v) is 13.4. The SMILES string of the molecule is CC(=O)Nc1c(C#N)ccc2c(-c3cc(NC4CCCN(C(=O)OC(C)(C)C)C4)n4ncc(C#N)c4n3)cn(C(=O)OC(C)(C)C)c12. The minimum absolute atomic E-state index is 0.153. The number of piperidine rings is 1. The van der Waals surface area contributed by atoms with E-state index in [0.29, 0.717) is 35.6 Å². The summed E-state index contributed by atoms with van der Waals surface area (Å²) in [5.74, 6) is 0.0841. The maximum Gasteiger partial charge on any atom is 0.419 e. The Morgan fingerprint density at radius 1 is 1.00 bits per heavy atom. The summed E-state index contributed by atoms with van der Waals surface area (Å²) in [6, 6.07) is 9.02. The Labute approximate surface area is 271 Å². The van der Waals surface area contributed by atoms with Gasteiger partial charge in [-0.3, -0.25) is 4.79 Å². The van der Waals surface area contributed by atoms with Gasteiger partial charge in [-0.25, -0.2) is 19.1 Å². The molecule has 244 valence electrons. The van der Waals surface area contributed by atoms with Crippen LogP contribution in [0.3, 0.4) is 0 Å². The van der Waals surface area contributed by atoms with Gasteiger partial charge in [-0.15, -0.1) is 0 Å². The minimum atomic E-state index is -0.838. The lowest BCUT2D eigenvalue weighted by molar-refractivity contribution is -0.114. The van der Waals surface area contributed by atoms with E-state index in [2.05, 4.69) is 27.9 Å². The number of carbonyl (C=O) groups excluding carboxylic acids is 3. The van der Waals surface area contributed by atoms with E-state index < -0.39 is 29.3 Å². The maximum absolute atomic E-state index is 13.5. The summed E-state index contributed by atoms with van der Waals surface area (Å²) >= 11 is 0. The second kappa shape index (κ2) is 12.3. The molecule has 4 aromatic rings. The first-order valence-corrected chi connectivity index (χ1v) is 15.2. The monoisotopic (exact) mass is 639 g/mol. The molecule has 0 radical (unpaired) electrons. The molecule has 14 nitrogen and oxygen atoms in total. The van der Waals surface area contributed by atoms with Crippen LogP contribution in [0, 0.1) is 22.7 Å². The number of rotatable bonds is 4. The van der Waals surface area contributed by atoms with E-state index in [4.69, 9.17) is 14.5 Å². The van der Waals surface area contributed by atoms with Gasteiger partial charge in [-0.2, -0.15) is 20.1 Å². The molecular formula is C33H37N9O5. The van der Waals surface area contributed by atoms with Crippen molar-refractivity contribution in [3.63, 3.8) is 0 Å². The highest BCUT2D eigenvalue weighted by Gasteiger charge is 2.29. The van der Waals surface area contributed by atoms with E-state index in [1.54, 1.807) is 50.1 Å². The zero-order valence-electron chi connectivity index (χ0n) is 27.5. The van der Waals surface area contributed by atoms with Crippen molar-refractivity contribution in [1.29, 1.82) is 10.5 Å². The Morgan fingerprint density at radius 2 is 1.68 bits per heavy atom. The van der Waals surface area contributed by atoms with Gasteiger partial charge in [0.25, 0.3) is 0 Å². The van der Waals surface area contributed by atoms with Crippen LogP contribution in [-0.2, 0) is 14.3 Å². The molecular weight excluding hydrogens is 602 g/mol. The Balaban J connectivity index is 1.65. The number of ether oxygens (including phenoxy) is 2. The van der Waals surface area contributed by atoms with Crippen LogP contribution in [0.1, 0.15) is 72.4 Å². The van der Waals surface area contributed by atoms with E-state index >= 15 is 0 Å². The third kappa shape index (κ3) is 6.97. The van der Waals surface area contributed by atoms with E-state index in [-0.39, 0.29) is 34.0 Å². The van der Waals surface area contributed by atoms with Crippen LogP contribution in [-0.4, -0.2) is 72.5 Å². The number of carbonyl (C=O) groups is 3. The quantitative estimate of drug-likeness (QED) is 0.283. The summed E-state index contributed by atoms with van der Waals surface area (Å²) in [4.78, 5) is 45.1. The lowest BCUT2D eigenvalue weighted by Crippen LogP contribution is -2.47. The third-order valence-corrected chi connectivity index (χ3v) is 7.27. The van der Waals surface area contributed by atoms with Gasteiger partial charge in [0.1, 0.15) is 34.7 Å². The molecule has 0 saturated carbocycles. The summed E-state index contributed by atoms with van der Waals surface area (Å²) in [6.07, 6.45) is 3.36. The molecule has 2 N–H and O–H groups in total. The number of nitrogens with zero attached hydrogens (tertiary/aromatic N) is 7. The van der Waals surface area contributed by atoms with Crippen LogP contribution in [0.2, 0.25) is 0 Å². The zero-order chi connectivity index (χ0) is 34.3. The molecule has 47 heavy (non-hydrogen) atoms. The molecule has 14 heteroatoms. The molecule has 1 aromatic carbocycles. The first-order valence-electron chi connectivity index (χ1n) is 15.2. The van der Waals surface area contributed by atoms with Gasteiger partial charge in [0.2, 0.25) is 5.91 Å². The number of anilines is 2. The standard InChI is InChI=1S/C33H37N9O5/c1-19(43)37-27-20(14-34)10-11-23-24(18-41(28(23)27)31(45)47-33(5,6)7)25-13-26(42-29(39-25)21(15-35)16-36-42)38-22-9-8-12-40(17-22)30(44)46-32(2,3)4/h10-11,13,16,18,22,38H,8-9,12,17H2,1-7H3,(H,37,43). The van der Waals surface area contributed by atoms with Gasteiger partial charge < -0.3 is 25.0 Å². The van der Waals surface area contributed by atoms with Crippen LogP contribution in [0.15, 0.2) is 30.6 Å². The fourth-order valence-corrected chi connectivity index (χ4v) is 5.46. The van der Waals surface area contributed by atoms with Crippen molar-refractivity contribution in [2.45, 2.75) is 78.6 Å². The van der Waals surface area contributed by atoms with Gasteiger partial charge in [0, 0.05) is 49.3 Å². The first kappa shape index (κ1) is 32.8. The average Bonchev–Trinajstić information content (AvgIpc) is 3.57. The van der Waals surface area contributed by atoms with Crippen molar-refractivity contribution in [2.24, 2.45) is 0 Å². The van der Waals surface area contributed by atoms with Crippen LogP contribution in [0.5, 0.6) is 0 Å². The molecule has 0 bridgehead atoms. The molecule has 3 aromatic heterocycles. The van der Waals surface area contributed by atoms with E-state index in [1.807, 2.05) is 20.8 Å². The normalized spacial score (nSPS) is 15.2. The van der Waals surface area contributed by atoms with Crippen molar-refractivity contribution in [1.82, 2.24) is 24.1 Å². The highest BCUT2D eigenvalue weighted by atomic mass is 16.6. The number of fused-ring (bicyclic) bond motifs is 2. The molecule has 1 atom stereocenters. The summed E-state index contributed by atoms with van der Waals surface area (Å²) in [7, 11) is 0.